The minimum Gasteiger partial charge on any atom is -0.394 e. The van der Waals surface area contributed by atoms with Crippen molar-refractivity contribution in [2.24, 2.45) is 70.5 Å². The molecule has 368 valence electrons. The van der Waals surface area contributed by atoms with Gasteiger partial charge in [0.15, 0.2) is 0 Å². The number of fused-ring (bicyclic) bond motifs is 2. The molecule has 0 aromatic rings. The maximum atomic E-state index is 15.0. The van der Waals surface area contributed by atoms with Gasteiger partial charge in [-0.05, 0) is 145 Å². The largest absolute Gasteiger partial charge is 0.394 e. The molecule has 8 aliphatic rings. The number of hydrogen-bond donors (Lipinski definition) is 4. The van der Waals surface area contributed by atoms with Crippen molar-refractivity contribution < 1.29 is 24.3 Å². The molecule has 1 saturated heterocycles. The van der Waals surface area contributed by atoms with Crippen LogP contribution in [-0.4, -0.2) is 110 Å². The third-order valence-electron chi connectivity index (χ3n) is 19.4. The summed E-state index contributed by atoms with van der Waals surface area (Å²) >= 11 is 0. The molecule has 7 saturated carbocycles. The van der Waals surface area contributed by atoms with Crippen molar-refractivity contribution >= 4 is 11.8 Å². The van der Waals surface area contributed by atoms with Crippen molar-refractivity contribution in [1.82, 2.24) is 25.9 Å². The van der Waals surface area contributed by atoms with E-state index in [0.29, 0.717) is 53.5 Å². The van der Waals surface area contributed by atoms with Gasteiger partial charge in [0.2, 0.25) is 11.8 Å². The van der Waals surface area contributed by atoms with E-state index in [1.54, 1.807) is 0 Å². The van der Waals surface area contributed by atoms with E-state index in [9.17, 15) is 14.7 Å². The molecule has 0 spiro atoms. The molecule has 4 N–H and O–H groups in total. The van der Waals surface area contributed by atoms with E-state index in [-0.39, 0.29) is 60.4 Å². The first-order chi connectivity index (χ1) is 30.7. The Balaban J connectivity index is 1.06. The number of nitrogens with zero attached hydrogens (tertiary/aromatic N) is 2. The molecule has 15 atom stereocenters. The zero-order chi connectivity index (χ0) is 45.7. The van der Waals surface area contributed by atoms with E-state index >= 15 is 0 Å². The summed E-state index contributed by atoms with van der Waals surface area (Å²) < 4.78 is 6.61. The maximum absolute atomic E-state index is 15.0. The van der Waals surface area contributed by atoms with Crippen molar-refractivity contribution in [1.29, 1.82) is 0 Å². The number of ether oxygens (including phenoxy) is 1. The van der Waals surface area contributed by atoms with Crippen molar-refractivity contribution in [3.05, 3.63) is 0 Å². The van der Waals surface area contributed by atoms with Crippen LogP contribution < -0.4 is 16.0 Å². The Kier molecular flexibility index (Phi) is 18.1. The second-order valence-corrected chi connectivity index (χ2v) is 24.5. The zero-order valence-electron chi connectivity index (χ0n) is 42.3. The Morgan fingerprint density at radius 1 is 0.875 bits per heavy atom. The van der Waals surface area contributed by atoms with Crippen molar-refractivity contribution in [3.63, 3.8) is 0 Å². The number of carbonyl (C=O) groups excluding carboxylic acids is 2. The Morgan fingerprint density at radius 3 is 2.20 bits per heavy atom. The van der Waals surface area contributed by atoms with Crippen LogP contribution in [0, 0.1) is 70.5 Å². The van der Waals surface area contributed by atoms with Gasteiger partial charge in [0.1, 0.15) is 12.1 Å². The molecule has 0 aromatic heterocycles. The third kappa shape index (κ3) is 11.9. The maximum Gasteiger partial charge on any atom is 0.240 e. The number of carbonyl (C=O) groups is 2. The first-order valence-electron chi connectivity index (χ1n) is 27.3. The smallest absolute Gasteiger partial charge is 0.240 e. The van der Waals surface area contributed by atoms with Gasteiger partial charge in [-0.2, -0.15) is 5.06 Å². The molecule has 0 radical (unpaired) electrons. The van der Waals surface area contributed by atoms with E-state index < -0.39 is 12.1 Å². The van der Waals surface area contributed by atoms with Crippen LogP contribution in [0.25, 0.3) is 0 Å². The van der Waals surface area contributed by atoms with Gasteiger partial charge in [0, 0.05) is 55.6 Å². The minimum absolute atomic E-state index is 0.000976. The number of amides is 2. The summed E-state index contributed by atoms with van der Waals surface area (Å²) in [5, 5.41) is 24.1. The highest BCUT2D eigenvalue weighted by Crippen LogP contribution is 2.61. The van der Waals surface area contributed by atoms with E-state index in [1.807, 2.05) is 12.2 Å². The molecule has 1 heterocycles. The second-order valence-electron chi connectivity index (χ2n) is 24.5. The minimum atomic E-state index is -0.501. The molecule has 0 aromatic carbocycles. The number of methoxy groups -OCH3 is 1. The topological polar surface area (TPSA) is 115 Å². The lowest BCUT2D eigenvalue weighted by molar-refractivity contribution is -0.193. The van der Waals surface area contributed by atoms with Crippen molar-refractivity contribution in [2.75, 3.05) is 40.9 Å². The summed E-state index contributed by atoms with van der Waals surface area (Å²) in [6.45, 7) is 15.4. The molecule has 64 heavy (non-hydrogen) atoms. The summed E-state index contributed by atoms with van der Waals surface area (Å²) in [4.78, 5) is 38.6. The summed E-state index contributed by atoms with van der Waals surface area (Å²) in [6.07, 6.45) is 24.6. The van der Waals surface area contributed by atoms with Gasteiger partial charge in [-0.15, -0.1) is 0 Å². The normalized spacial score (nSPS) is 38.5. The molecule has 7 aliphatic carbocycles. The molecular weight excluding hydrogens is 799 g/mol. The lowest BCUT2D eigenvalue weighted by Gasteiger charge is -2.62. The average Bonchev–Trinajstić information content (AvgIpc) is 3.65. The third-order valence-corrected chi connectivity index (χ3v) is 19.4. The SMILES string of the molecule is COC1C(CN2O[C@@H](CO)C(C(C)NCCC3CCCCC3)[C@H]2C(=O)N[C@H]2C[C@H]3C[C@@H]([C@@H]2C)C3(C)C)CCCC1C1CC(C(=O)N[C@H](CC(C)C)CC2CCCCC2)CC(N(C)C)C1. The number of hydroxylamine groups is 2. The molecule has 2 amide bonds. The molecule has 8 fully saturated rings. The van der Waals surface area contributed by atoms with E-state index in [0.717, 1.165) is 82.6 Å². The van der Waals surface area contributed by atoms with E-state index in [1.165, 1.54) is 70.6 Å². The predicted molar refractivity (Wildman–Crippen MR) is 258 cm³/mol. The molecule has 10 heteroatoms. The average molecular weight is 896 g/mol. The summed E-state index contributed by atoms with van der Waals surface area (Å²) in [5.74, 6) is 4.81. The second kappa shape index (κ2) is 22.9. The number of rotatable bonds is 19. The molecule has 10 nitrogen and oxygen atoms in total. The standard InChI is InChI=1S/C54H97N5O5/c1-34(2)25-43(26-38-19-14-11-15-20-38)56-52(61)41-27-40(28-44(29-41)58(7)8)45-22-16-21-39(51(45)63-9)32-59-50(53(62)57-47-31-42-30-46(35(47)3)54(42,5)6)49(48(33-60)64-59)36(4)55-24-23-37-17-12-10-13-18-37/h34-51,55,60H,10-33H2,1-9H3,(H,56,61)(H,57,62)/t35-,36?,39?,40?,41?,42+,43+,44?,45?,46-,47-,48-,49?,50-,51?/m0/s1. The highest BCUT2D eigenvalue weighted by molar-refractivity contribution is 5.83. The Labute approximate surface area is 391 Å². The van der Waals surface area contributed by atoms with Gasteiger partial charge < -0.3 is 30.7 Å². The lowest BCUT2D eigenvalue weighted by atomic mass is 9.45. The Morgan fingerprint density at radius 2 is 1.58 bits per heavy atom. The molecular formula is C54H97N5O5. The number of aliphatic hydroxyl groups excluding tert-OH is 1. The Hall–Kier alpha value is -1.30. The van der Waals surface area contributed by atoms with Crippen LogP contribution in [0.15, 0.2) is 0 Å². The Bertz CT molecular complexity index is 1460. The van der Waals surface area contributed by atoms with Crippen LogP contribution in [-0.2, 0) is 19.2 Å². The van der Waals surface area contributed by atoms with Crippen LogP contribution in [0.1, 0.15) is 176 Å². The van der Waals surface area contributed by atoms with Gasteiger partial charge in [0.25, 0.3) is 0 Å². The molecule has 8 unspecified atom stereocenters. The molecule has 8 rings (SSSR count). The quantitative estimate of drug-likeness (QED) is 0.102. The highest BCUT2D eigenvalue weighted by atomic mass is 16.7. The van der Waals surface area contributed by atoms with E-state index in [4.69, 9.17) is 9.57 Å². The fraction of sp³-hybridized carbons (Fsp3) is 0.963. The van der Waals surface area contributed by atoms with Crippen LogP contribution in [0.5, 0.6) is 0 Å². The van der Waals surface area contributed by atoms with Crippen LogP contribution >= 0.6 is 0 Å². The number of aliphatic hydroxyl groups is 1. The fourth-order valence-corrected chi connectivity index (χ4v) is 15.5. The monoisotopic (exact) mass is 896 g/mol. The number of nitrogens with one attached hydrogen (secondary N) is 3. The first kappa shape index (κ1) is 50.6. The van der Waals surface area contributed by atoms with Crippen LogP contribution in [0.3, 0.4) is 0 Å². The van der Waals surface area contributed by atoms with E-state index in [2.05, 4.69) is 76.5 Å². The summed E-state index contributed by atoms with van der Waals surface area (Å²) in [7, 11) is 6.27. The van der Waals surface area contributed by atoms with Crippen molar-refractivity contribution in [2.45, 2.75) is 219 Å². The summed E-state index contributed by atoms with van der Waals surface area (Å²) in [6, 6.07) is 0.269. The van der Waals surface area contributed by atoms with Gasteiger partial charge in [-0.25, -0.2) is 0 Å². The van der Waals surface area contributed by atoms with Crippen LogP contribution in [0.2, 0.25) is 0 Å². The van der Waals surface area contributed by atoms with Gasteiger partial charge in [-0.3, -0.25) is 14.4 Å². The van der Waals surface area contributed by atoms with Crippen molar-refractivity contribution in [3.8, 4) is 0 Å². The van der Waals surface area contributed by atoms with Gasteiger partial charge in [0.05, 0.1) is 12.7 Å². The lowest BCUT2D eigenvalue weighted by Crippen LogP contribution is -2.63. The van der Waals surface area contributed by atoms with Gasteiger partial charge >= 0.3 is 0 Å². The highest BCUT2D eigenvalue weighted by Gasteiger charge is 2.58. The first-order valence-corrected chi connectivity index (χ1v) is 27.3. The predicted octanol–water partition coefficient (Wildman–Crippen LogP) is 8.99. The summed E-state index contributed by atoms with van der Waals surface area (Å²) in [5.41, 5.74) is 0.344. The number of hydrogen-bond acceptors (Lipinski definition) is 8. The molecule has 1 aliphatic heterocycles. The van der Waals surface area contributed by atoms with Gasteiger partial charge in [-0.1, -0.05) is 105 Å². The fourth-order valence-electron chi connectivity index (χ4n) is 15.5. The van der Waals surface area contributed by atoms with Crippen LogP contribution in [0.4, 0.5) is 0 Å². The zero-order valence-corrected chi connectivity index (χ0v) is 42.3. The molecule has 2 bridgehead atoms.